The maximum absolute atomic E-state index is 13.1. The van der Waals surface area contributed by atoms with Crippen LogP contribution in [0.2, 0.25) is 0 Å². The molecule has 3 aliphatic rings. The lowest BCUT2D eigenvalue weighted by Crippen LogP contribution is -2.37. The number of hydrogen-bond donors (Lipinski definition) is 1. The van der Waals surface area contributed by atoms with Crippen LogP contribution >= 0.6 is 23.2 Å². The van der Waals surface area contributed by atoms with Crippen LogP contribution in [0.25, 0.3) is 0 Å². The second-order valence-electron chi connectivity index (χ2n) is 9.32. The number of Topliss-reactive ketones (excluding diaryl/α,β-unsaturated/α-hetero) is 1. The van der Waals surface area contributed by atoms with E-state index in [1.807, 2.05) is 0 Å². The average molecular weight is 529 g/mol. The van der Waals surface area contributed by atoms with Crippen LogP contribution in [-0.2, 0) is 19.1 Å². The molecule has 0 spiro atoms. The molecule has 5 rings (SSSR count). The van der Waals surface area contributed by atoms with Crippen LogP contribution in [0.1, 0.15) is 34.1 Å². The first-order valence-corrected chi connectivity index (χ1v) is 12.4. The van der Waals surface area contributed by atoms with Crippen molar-refractivity contribution in [3.05, 3.63) is 59.7 Å². The second-order valence-corrected chi connectivity index (χ2v) is 10.3. The largest absolute Gasteiger partial charge is 0.452 e. The molecule has 0 unspecified atom stereocenters. The Bertz CT molecular complexity index is 1230. The number of alkyl halides is 2. The summed E-state index contributed by atoms with van der Waals surface area (Å²) in [7, 11) is 0. The minimum Gasteiger partial charge on any atom is -0.452 e. The molecule has 2 saturated carbocycles. The van der Waals surface area contributed by atoms with Crippen LogP contribution < -0.4 is 10.2 Å². The maximum Gasteiger partial charge on any atom is 0.338 e. The van der Waals surface area contributed by atoms with Gasteiger partial charge < -0.3 is 10.1 Å². The zero-order valence-electron chi connectivity index (χ0n) is 19.1. The summed E-state index contributed by atoms with van der Waals surface area (Å²) >= 11 is 12.8. The molecule has 1 N–H and O–H groups in total. The smallest absolute Gasteiger partial charge is 0.338 e. The van der Waals surface area contributed by atoms with Crippen molar-refractivity contribution < 1.29 is 28.7 Å². The summed E-state index contributed by atoms with van der Waals surface area (Å²) in [5, 5.41) is 1.92. The van der Waals surface area contributed by atoms with Gasteiger partial charge in [0.1, 0.15) is 0 Å². The first-order valence-electron chi connectivity index (χ1n) is 11.5. The number of nitrogens with one attached hydrogen (secondary N) is 1. The van der Waals surface area contributed by atoms with E-state index in [2.05, 4.69) is 5.32 Å². The van der Waals surface area contributed by atoms with E-state index in [-0.39, 0.29) is 45.8 Å². The van der Waals surface area contributed by atoms with Gasteiger partial charge in [-0.25, -0.2) is 4.79 Å². The zero-order valence-corrected chi connectivity index (χ0v) is 20.7. The molecule has 2 bridgehead atoms. The standard InChI is InChI=1S/C26H22Cl2N2O6/c1-12(31)13-2-6-15(7-3-13)29-19(32)11-36-26(35)14-4-8-16(9-5-14)30-24(33)20-17-10-18(21(20)25(30)34)23(28)22(17)27/h2-9,17-18,20-23H,10-11H2,1H3,(H,29,32)/t17-,18-,20-,21+,22-,23+/m1/s1. The highest BCUT2D eigenvalue weighted by Gasteiger charge is 2.66. The predicted octanol–water partition coefficient (Wildman–Crippen LogP) is 3.65. The van der Waals surface area contributed by atoms with E-state index in [9.17, 15) is 24.0 Å². The average Bonchev–Trinajstić information content (AvgIpc) is 3.47. The van der Waals surface area contributed by atoms with Crippen molar-refractivity contribution in [3.63, 3.8) is 0 Å². The number of halogens is 2. The van der Waals surface area contributed by atoms with E-state index in [0.29, 0.717) is 23.4 Å². The molecule has 8 nitrogen and oxygen atoms in total. The maximum atomic E-state index is 13.1. The number of imide groups is 1. The first-order chi connectivity index (χ1) is 17.2. The van der Waals surface area contributed by atoms with E-state index in [4.69, 9.17) is 27.9 Å². The Kier molecular flexibility index (Phi) is 6.34. The molecule has 2 aliphatic carbocycles. The molecule has 1 saturated heterocycles. The number of rotatable bonds is 6. The molecule has 2 aromatic carbocycles. The Hall–Kier alpha value is -3.23. The molecule has 36 heavy (non-hydrogen) atoms. The van der Waals surface area contributed by atoms with Gasteiger partial charge in [-0.05, 0) is 73.7 Å². The van der Waals surface area contributed by atoms with E-state index >= 15 is 0 Å². The van der Waals surface area contributed by atoms with Crippen molar-refractivity contribution in [1.82, 2.24) is 0 Å². The monoisotopic (exact) mass is 528 g/mol. The fraction of sp³-hybridized carbons (Fsp3) is 0.346. The normalized spacial score (nSPS) is 28.2. The summed E-state index contributed by atoms with van der Waals surface area (Å²) in [6.07, 6.45) is 0.686. The van der Waals surface area contributed by atoms with E-state index in [0.717, 1.165) is 4.90 Å². The van der Waals surface area contributed by atoms with Gasteiger partial charge in [-0.1, -0.05) is 0 Å². The van der Waals surface area contributed by atoms with Crippen LogP contribution in [0.3, 0.4) is 0 Å². The summed E-state index contributed by atoms with van der Waals surface area (Å²) in [5.74, 6) is -3.06. The molecule has 6 atom stereocenters. The van der Waals surface area contributed by atoms with Gasteiger partial charge >= 0.3 is 5.97 Å². The van der Waals surface area contributed by atoms with Gasteiger partial charge in [0.2, 0.25) is 11.8 Å². The number of fused-ring (bicyclic) bond motifs is 5. The van der Waals surface area contributed by atoms with E-state index < -0.39 is 30.3 Å². The Morgan fingerprint density at radius 2 is 1.42 bits per heavy atom. The molecular weight excluding hydrogens is 507 g/mol. The number of carbonyl (C=O) groups is 5. The Morgan fingerprint density at radius 3 is 1.94 bits per heavy atom. The number of ketones is 1. The second kappa shape index (κ2) is 9.33. The van der Waals surface area contributed by atoms with Crippen molar-refractivity contribution in [3.8, 4) is 0 Å². The van der Waals surface area contributed by atoms with Crippen molar-refractivity contribution >= 4 is 64.1 Å². The quantitative estimate of drug-likeness (QED) is 0.265. The highest BCUT2D eigenvalue weighted by atomic mass is 35.5. The predicted molar refractivity (Wildman–Crippen MR) is 132 cm³/mol. The number of hydrogen-bond acceptors (Lipinski definition) is 6. The third-order valence-corrected chi connectivity index (χ3v) is 8.58. The van der Waals surface area contributed by atoms with Crippen LogP contribution in [0.4, 0.5) is 11.4 Å². The van der Waals surface area contributed by atoms with E-state index in [1.165, 1.54) is 31.2 Å². The van der Waals surface area contributed by atoms with Crippen LogP contribution in [0.15, 0.2) is 48.5 Å². The first kappa shape index (κ1) is 24.5. The number of amides is 3. The Balaban J connectivity index is 1.19. The number of ether oxygens (including phenoxy) is 1. The topological polar surface area (TPSA) is 110 Å². The lowest BCUT2D eigenvalue weighted by molar-refractivity contribution is -0.123. The Morgan fingerprint density at radius 1 is 0.889 bits per heavy atom. The SMILES string of the molecule is CC(=O)c1ccc(NC(=O)COC(=O)c2ccc(N3C(=O)[C@@H]4[C@H]5C[C@@H]([C@H](Cl)[C@@H]5Cl)[C@@H]4C3=O)cc2)cc1. The van der Waals surface area contributed by atoms with Gasteiger partial charge in [0.25, 0.3) is 5.91 Å². The minimum atomic E-state index is -0.729. The molecule has 0 radical (unpaired) electrons. The highest BCUT2D eigenvalue weighted by molar-refractivity contribution is 6.32. The van der Waals surface area contributed by atoms with Crippen LogP contribution in [0, 0.1) is 23.7 Å². The molecule has 0 aromatic heterocycles. The van der Waals surface area contributed by atoms with Gasteiger partial charge in [-0.3, -0.25) is 24.1 Å². The molecule has 10 heteroatoms. The van der Waals surface area contributed by atoms with Gasteiger partial charge in [-0.2, -0.15) is 0 Å². The number of esters is 1. The number of anilines is 2. The molecule has 2 aromatic rings. The lowest BCUT2D eigenvalue weighted by atomic mass is 9.80. The minimum absolute atomic E-state index is 0.0888. The number of carbonyl (C=O) groups excluding carboxylic acids is 5. The molecule has 3 fully saturated rings. The van der Waals surface area contributed by atoms with Crippen molar-refractivity contribution in [2.75, 3.05) is 16.8 Å². The number of benzene rings is 2. The molecule has 3 amide bonds. The third-order valence-electron chi connectivity index (χ3n) is 7.26. The summed E-state index contributed by atoms with van der Waals surface area (Å²) in [5.41, 5.74) is 1.50. The summed E-state index contributed by atoms with van der Waals surface area (Å²) in [4.78, 5) is 63.2. The van der Waals surface area contributed by atoms with Gasteiger partial charge in [0.05, 0.1) is 33.8 Å². The summed E-state index contributed by atoms with van der Waals surface area (Å²) in [6.45, 7) is 0.934. The summed E-state index contributed by atoms with van der Waals surface area (Å²) < 4.78 is 5.07. The van der Waals surface area contributed by atoms with Gasteiger partial charge in [0, 0.05) is 11.3 Å². The summed E-state index contributed by atoms with van der Waals surface area (Å²) in [6, 6.07) is 12.2. The van der Waals surface area contributed by atoms with Crippen LogP contribution in [0.5, 0.6) is 0 Å². The fourth-order valence-corrected chi connectivity index (χ4v) is 6.44. The van der Waals surface area contributed by atoms with Crippen LogP contribution in [-0.4, -0.2) is 46.8 Å². The fourth-order valence-electron chi connectivity index (χ4n) is 5.55. The van der Waals surface area contributed by atoms with Crippen molar-refractivity contribution in [2.45, 2.75) is 24.1 Å². The molecule has 186 valence electrons. The Labute approximate surface area is 216 Å². The third kappa shape index (κ3) is 4.08. The molecule has 1 aliphatic heterocycles. The zero-order chi connectivity index (χ0) is 25.7. The van der Waals surface area contributed by atoms with Crippen molar-refractivity contribution in [1.29, 1.82) is 0 Å². The highest BCUT2D eigenvalue weighted by Crippen LogP contribution is 2.59. The molecular formula is C26H22Cl2N2O6. The van der Waals surface area contributed by atoms with Gasteiger partial charge in [-0.15, -0.1) is 23.2 Å². The van der Waals surface area contributed by atoms with E-state index in [1.54, 1.807) is 24.3 Å². The van der Waals surface area contributed by atoms with Crippen molar-refractivity contribution in [2.24, 2.45) is 23.7 Å². The van der Waals surface area contributed by atoms with Gasteiger partial charge in [0.15, 0.2) is 12.4 Å². The lowest BCUT2D eigenvalue weighted by Gasteiger charge is -2.28. The molecule has 1 heterocycles. The number of nitrogens with zero attached hydrogens (tertiary/aromatic N) is 1.